The molecule has 0 rings (SSSR count). The molecule has 0 saturated heterocycles. The molecule has 1 N–H and O–H groups in total. The summed E-state index contributed by atoms with van der Waals surface area (Å²) in [6.45, 7) is 6.78. The number of carbonyl (C=O) groups is 2. The van der Waals surface area contributed by atoms with Gasteiger partial charge in [-0.05, 0) is 83.1 Å². The Morgan fingerprint density at radius 2 is 0.849 bits per heavy atom. The largest absolute Gasteiger partial charge is 0.756 e. The van der Waals surface area contributed by atoms with Gasteiger partial charge in [0.2, 0.25) is 5.91 Å². The maximum absolute atomic E-state index is 13.5. The Morgan fingerprint density at radius 1 is 0.479 bits per heavy atom. The van der Waals surface area contributed by atoms with Crippen LogP contribution in [0, 0.1) is 0 Å². The molecule has 3 unspecified atom stereocenters. The number of nitrogens with zero attached hydrogens (tertiary/aromatic N) is 1. The molecular formula is C63H117N2O7P. The van der Waals surface area contributed by atoms with E-state index in [2.05, 4.69) is 68.6 Å². The molecule has 0 spiro atoms. The summed E-state index contributed by atoms with van der Waals surface area (Å²) in [7, 11) is 1.15. The Balaban J connectivity index is 5.29. The van der Waals surface area contributed by atoms with Gasteiger partial charge in [-0.3, -0.25) is 14.2 Å². The van der Waals surface area contributed by atoms with Gasteiger partial charge >= 0.3 is 5.97 Å². The minimum Gasteiger partial charge on any atom is -0.756 e. The second-order valence-electron chi connectivity index (χ2n) is 21.8. The van der Waals surface area contributed by atoms with Crippen molar-refractivity contribution in [2.24, 2.45) is 0 Å². The third-order valence-electron chi connectivity index (χ3n) is 13.4. The molecule has 9 nitrogen and oxygen atoms in total. The van der Waals surface area contributed by atoms with Crippen LogP contribution in [0.3, 0.4) is 0 Å². The molecule has 0 aliphatic rings. The quantitative estimate of drug-likeness (QED) is 0.0212. The summed E-state index contributed by atoms with van der Waals surface area (Å²) in [5.41, 5.74) is 0. The maximum Gasteiger partial charge on any atom is 0.306 e. The van der Waals surface area contributed by atoms with Crippen LogP contribution in [0.15, 0.2) is 60.8 Å². The van der Waals surface area contributed by atoms with Crippen molar-refractivity contribution in [3.8, 4) is 0 Å². The summed E-state index contributed by atoms with van der Waals surface area (Å²) in [6, 6.07) is -0.919. The molecule has 0 aromatic carbocycles. The van der Waals surface area contributed by atoms with Crippen molar-refractivity contribution in [3.63, 3.8) is 0 Å². The zero-order valence-electron chi connectivity index (χ0n) is 48.6. The first-order valence-electron chi connectivity index (χ1n) is 30.6. The molecular weight excluding hydrogens is 928 g/mol. The highest BCUT2D eigenvalue weighted by Gasteiger charge is 2.27. The van der Waals surface area contributed by atoms with E-state index in [0.29, 0.717) is 17.4 Å². The summed E-state index contributed by atoms with van der Waals surface area (Å²) in [4.78, 5) is 39.9. The highest BCUT2D eigenvalue weighted by Crippen LogP contribution is 2.38. The van der Waals surface area contributed by atoms with Crippen LogP contribution in [0.4, 0.5) is 0 Å². The lowest BCUT2D eigenvalue weighted by Crippen LogP contribution is -2.47. The van der Waals surface area contributed by atoms with Crippen LogP contribution >= 0.6 is 7.82 Å². The summed E-state index contributed by atoms with van der Waals surface area (Å²) in [5.74, 6) is -0.617. The Hall–Kier alpha value is -2.29. The number of quaternary nitrogens is 1. The van der Waals surface area contributed by atoms with Crippen molar-refractivity contribution in [3.05, 3.63) is 60.8 Å². The number of carbonyl (C=O) groups excluding carboxylic acids is 2. The molecule has 73 heavy (non-hydrogen) atoms. The van der Waals surface area contributed by atoms with Gasteiger partial charge in [-0.1, -0.05) is 242 Å². The highest BCUT2D eigenvalue weighted by atomic mass is 31.2. The van der Waals surface area contributed by atoms with Gasteiger partial charge in [0.15, 0.2) is 0 Å². The van der Waals surface area contributed by atoms with Crippen LogP contribution < -0.4 is 10.2 Å². The zero-order valence-corrected chi connectivity index (χ0v) is 49.5. The molecule has 0 bridgehead atoms. The molecule has 10 heteroatoms. The molecule has 0 fully saturated rings. The number of phosphoric ester groups is 1. The molecule has 426 valence electrons. The van der Waals surface area contributed by atoms with Gasteiger partial charge in [-0.2, -0.15) is 0 Å². The molecule has 0 saturated carbocycles. The van der Waals surface area contributed by atoms with Gasteiger partial charge in [0.25, 0.3) is 7.82 Å². The normalized spacial score (nSPS) is 14.1. The van der Waals surface area contributed by atoms with Crippen molar-refractivity contribution in [2.75, 3.05) is 40.9 Å². The van der Waals surface area contributed by atoms with Gasteiger partial charge in [0.05, 0.1) is 33.8 Å². The second-order valence-corrected chi connectivity index (χ2v) is 23.3. The van der Waals surface area contributed by atoms with Crippen molar-refractivity contribution in [2.45, 2.75) is 290 Å². The van der Waals surface area contributed by atoms with Crippen LogP contribution in [-0.2, 0) is 27.9 Å². The van der Waals surface area contributed by atoms with Gasteiger partial charge in [-0.15, -0.1) is 0 Å². The fourth-order valence-corrected chi connectivity index (χ4v) is 9.38. The Bertz CT molecular complexity index is 1440. The fraction of sp³-hybridized carbons (Fsp3) is 0.810. The van der Waals surface area contributed by atoms with E-state index < -0.39 is 26.6 Å². The maximum atomic E-state index is 13.5. The number of allylic oxidation sites excluding steroid dienone is 9. The Morgan fingerprint density at radius 3 is 1.29 bits per heavy atom. The summed E-state index contributed by atoms with van der Waals surface area (Å²) >= 11 is 0. The topological polar surface area (TPSA) is 114 Å². The second kappa shape index (κ2) is 53.1. The predicted octanol–water partition coefficient (Wildman–Crippen LogP) is 18.0. The zero-order chi connectivity index (χ0) is 53.6. The fourth-order valence-electron chi connectivity index (χ4n) is 8.66. The molecule has 0 aromatic heterocycles. The SMILES string of the molecule is CCCCC/C=C\C/C=C\CCCCCCCCCCCCCC(=O)OC(/C=C\CCCCCCCCCCCCC)C(COP(=O)([O-])OCC[N+](C)(C)C)NC(=O)CC/C=C/C/C=C\CCCCCCCC. The summed E-state index contributed by atoms with van der Waals surface area (Å²) < 4.78 is 30.2. The van der Waals surface area contributed by atoms with Crippen molar-refractivity contribution in [1.29, 1.82) is 0 Å². The highest BCUT2D eigenvalue weighted by molar-refractivity contribution is 7.45. The van der Waals surface area contributed by atoms with Crippen LogP contribution in [0.2, 0.25) is 0 Å². The van der Waals surface area contributed by atoms with E-state index in [9.17, 15) is 19.0 Å². The van der Waals surface area contributed by atoms with E-state index in [-0.39, 0.29) is 31.3 Å². The van der Waals surface area contributed by atoms with E-state index in [1.54, 1.807) is 0 Å². The molecule has 1 amide bonds. The third kappa shape index (κ3) is 54.3. The minimum absolute atomic E-state index is 0.0323. The van der Waals surface area contributed by atoms with E-state index >= 15 is 0 Å². The van der Waals surface area contributed by atoms with Crippen molar-refractivity contribution in [1.82, 2.24) is 5.32 Å². The van der Waals surface area contributed by atoms with Crippen molar-refractivity contribution < 1.29 is 37.3 Å². The van der Waals surface area contributed by atoms with Gasteiger partial charge in [0.1, 0.15) is 19.3 Å². The van der Waals surface area contributed by atoms with Gasteiger partial charge in [0, 0.05) is 12.8 Å². The molecule has 3 atom stereocenters. The molecule has 0 heterocycles. The van der Waals surface area contributed by atoms with Crippen LogP contribution in [0.5, 0.6) is 0 Å². The van der Waals surface area contributed by atoms with E-state index in [1.807, 2.05) is 39.4 Å². The van der Waals surface area contributed by atoms with E-state index in [0.717, 1.165) is 57.8 Å². The average Bonchev–Trinajstić information content (AvgIpc) is 3.35. The monoisotopic (exact) mass is 1040 g/mol. The number of rotatable bonds is 55. The molecule has 0 aromatic rings. The smallest absolute Gasteiger partial charge is 0.306 e. The average molecular weight is 1050 g/mol. The van der Waals surface area contributed by atoms with Crippen LogP contribution in [-0.4, -0.2) is 69.4 Å². The number of phosphoric acid groups is 1. The lowest BCUT2D eigenvalue weighted by molar-refractivity contribution is -0.870. The molecule has 0 aliphatic carbocycles. The number of hydrogen-bond donors (Lipinski definition) is 1. The predicted molar refractivity (Wildman–Crippen MR) is 312 cm³/mol. The first kappa shape index (κ1) is 70.7. The standard InChI is InChI=1S/C63H117N2O7P/c1-7-10-13-16-19-22-25-28-29-30-31-32-33-34-35-38-41-44-47-50-53-56-63(67)72-61(54-51-48-45-42-39-36-26-23-20-17-14-11-8-2)60(59-71-73(68,69)70-58-57-65(4,5)6)64-62(66)55-52-49-46-43-40-37-27-24-21-18-15-12-9-3/h19,22,28-29,37,40,46,49,51,54,60-61H,7-18,20-21,23-27,30-36,38-39,41-45,47-48,50,52-53,55-59H2,1-6H3,(H-,64,66,68,69)/b22-19-,29-28-,40-37-,49-46+,54-51-. The number of likely N-dealkylation sites (N-methyl/N-ethyl adjacent to an activating group) is 1. The van der Waals surface area contributed by atoms with E-state index in [1.165, 1.54) is 180 Å². The van der Waals surface area contributed by atoms with E-state index in [4.69, 9.17) is 13.8 Å². The summed E-state index contributed by atoms with van der Waals surface area (Å²) in [6.07, 6.45) is 66.3. The molecule has 0 aliphatic heterocycles. The van der Waals surface area contributed by atoms with Crippen LogP contribution in [0.1, 0.15) is 278 Å². The first-order chi connectivity index (χ1) is 35.4. The van der Waals surface area contributed by atoms with Crippen molar-refractivity contribution >= 4 is 19.7 Å². The Kier molecular flexibility index (Phi) is 51.5. The first-order valence-corrected chi connectivity index (χ1v) is 32.1. The lowest BCUT2D eigenvalue weighted by atomic mass is 10.0. The van der Waals surface area contributed by atoms with Crippen LogP contribution in [0.25, 0.3) is 0 Å². The number of hydrogen-bond acceptors (Lipinski definition) is 7. The number of nitrogens with one attached hydrogen (secondary N) is 1. The molecule has 0 radical (unpaired) electrons. The third-order valence-corrected chi connectivity index (χ3v) is 14.4. The number of amides is 1. The number of esters is 1. The minimum atomic E-state index is -4.71. The summed E-state index contributed by atoms with van der Waals surface area (Å²) in [5, 5.41) is 2.98. The van der Waals surface area contributed by atoms with Gasteiger partial charge < -0.3 is 28.5 Å². The number of unbranched alkanes of at least 4 members (excludes halogenated alkanes) is 31. The Labute approximate surface area is 451 Å². The van der Waals surface area contributed by atoms with Gasteiger partial charge in [-0.25, -0.2) is 0 Å². The number of ether oxygens (including phenoxy) is 1. The lowest BCUT2D eigenvalue weighted by Gasteiger charge is -2.30.